The van der Waals surface area contributed by atoms with Gasteiger partial charge in [0.2, 0.25) is 0 Å². The van der Waals surface area contributed by atoms with Crippen molar-refractivity contribution in [2.45, 2.75) is 13.5 Å². The molecular weight excluding hydrogens is 259 g/mol. The molecule has 2 aromatic rings. The Labute approximate surface area is 109 Å². The van der Waals surface area contributed by atoms with Crippen LogP contribution in [-0.2, 0) is 6.61 Å². The molecule has 1 heterocycles. The van der Waals surface area contributed by atoms with Gasteiger partial charge in [-0.15, -0.1) is 0 Å². The summed E-state index contributed by atoms with van der Waals surface area (Å²) in [6.07, 6.45) is 3.09. The summed E-state index contributed by atoms with van der Waals surface area (Å²) in [6, 6.07) is 5.48. The number of benzene rings is 1. The van der Waals surface area contributed by atoms with Gasteiger partial charge in [0.25, 0.3) is 0 Å². The predicted octanol–water partition coefficient (Wildman–Crippen LogP) is 3.67. The number of hydrogen-bond donors (Lipinski definition) is 0. The largest absolute Gasteiger partial charge is 0.487 e. The van der Waals surface area contributed by atoms with Crippen LogP contribution in [0.2, 0.25) is 10.2 Å². The molecule has 0 N–H and O–H groups in total. The van der Waals surface area contributed by atoms with Crippen LogP contribution >= 0.6 is 23.2 Å². The van der Waals surface area contributed by atoms with E-state index in [9.17, 15) is 0 Å². The number of rotatable bonds is 3. The summed E-state index contributed by atoms with van der Waals surface area (Å²) in [7, 11) is 0. The van der Waals surface area contributed by atoms with E-state index in [1.807, 2.05) is 19.1 Å². The lowest BCUT2D eigenvalue weighted by Crippen LogP contribution is -1.99. The molecule has 17 heavy (non-hydrogen) atoms. The second-order valence-corrected chi connectivity index (χ2v) is 4.35. The first kappa shape index (κ1) is 12.1. The molecule has 1 aromatic carbocycles. The van der Waals surface area contributed by atoms with E-state index >= 15 is 0 Å². The molecule has 0 spiro atoms. The van der Waals surface area contributed by atoms with Gasteiger partial charge in [-0.1, -0.05) is 23.2 Å². The summed E-state index contributed by atoms with van der Waals surface area (Å²) in [5, 5.41) is 1.07. The molecule has 1 aromatic heterocycles. The minimum atomic E-state index is 0.354. The highest BCUT2D eigenvalue weighted by Gasteiger charge is 2.02. The zero-order valence-electron chi connectivity index (χ0n) is 9.15. The molecule has 5 heteroatoms. The third kappa shape index (κ3) is 3.32. The van der Waals surface area contributed by atoms with Crippen LogP contribution in [0.3, 0.4) is 0 Å². The maximum Gasteiger partial charge on any atom is 0.147 e. The van der Waals surface area contributed by atoms with Gasteiger partial charge in [0.05, 0.1) is 18.1 Å². The molecule has 88 valence electrons. The van der Waals surface area contributed by atoms with Gasteiger partial charge in [0, 0.05) is 5.02 Å². The highest BCUT2D eigenvalue weighted by Crippen LogP contribution is 2.22. The quantitative estimate of drug-likeness (QED) is 0.852. The monoisotopic (exact) mass is 268 g/mol. The third-order valence-corrected chi connectivity index (χ3v) is 2.62. The molecule has 0 unspecified atom stereocenters. The number of nitrogens with zero attached hydrogens (tertiary/aromatic N) is 2. The number of aromatic nitrogens is 2. The van der Waals surface area contributed by atoms with Gasteiger partial charge in [0.1, 0.15) is 17.5 Å². The second-order valence-electron chi connectivity index (χ2n) is 3.53. The first-order valence-electron chi connectivity index (χ1n) is 5.00. The zero-order chi connectivity index (χ0) is 12.3. The van der Waals surface area contributed by atoms with Gasteiger partial charge < -0.3 is 4.74 Å². The normalized spacial score (nSPS) is 10.3. The highest BCUT2D eigenvalue weighted by atomic mass is 35.5. The van der Waals surface area contributed by atoms with Gasteiger partial charge in [-0.2, -0.15) is 0 Å². The van der Waals surface area contributed by atoms with Crippen molar-refractivity contribution in [1.29, 1.82) is 0 Å². The van der Waals surface area contributed by atoms with Crippen molar-refractivity contribution in [3.63, 3.8) is 0 Å². The van der Waals surface area contributed by atoms with Crippen LogP contribution in [0.25, 0.3) is 0 Å². The van der Waals surface area contributed by atoms with Gasteiger partial charge in [0.15, 0.2) is 0 Å². The Bertz CT molecular complexity index is 514. The summed E-state index contributed by atoms with van der Waals surface area (Å²) in [5.41, 5.74) is 1.71. The topological polar surface area (TPSA) is 35.0 Å². The first-order valence-corrected chi connectivity index (χ1v) is 5.76. The average molecular weight is 269 g/mol. The van der Waals surface area contributed by atoms with Crippen molar-refractivity contribution in [2.75, 3.05) is 0 Å². The molecule has 0 aliphatic heterocycles. The first-order chi connectivity index (χ1) is 8.15. The van der Waals surface area contributed by atoms with Crippen LogP contribution in [0.5, 0.6) is 5.75 Å². The number of hydrogen-bond acceptors (Lipinski definition) is 3. The Hall–Kier alpha value is -1.32. The van der Waals surface area contributed by atoms with E-state index in [-0.39, 0.29) is 0 Å². The Morgan fingerprint density at radius 2 is 2.00 bits per heavy atom. The van der Waals surface area contributed by atoms with Crippen LogP contribution in [0.1, 0.15) is 11.3 Å². The lowest BCUT2D eigenvalue weighted by atomic mass is 10.2. The van der Waals surface area contributed by atoms with Crippen LogP contribution in [0, 0.1) is 6.92 Å². The highest BCUT2D eigenvalue weighted by molar-refractivity contribution is 6.30. The fraction of sp³-hybridized carbons (Fsp3) is 0.167. The van der Waals surface area contributed by atoms with Gasteiger partial charge in [-0.05, 0) is 30.7 Å². The number of ether oxygens (including phenoxy) is 1. The molecule has 0 saturated carbocycles. The van der Waals surface area contributed by atoms with Crippen molar-refractivity contribution in [1.82, 2.24) is 9.97 Å². The summed E-state index contributed by atoms with van der Waals surface area (Å²) in [4.78, 5) is 8.02. The van der Waals surface area contributed by atoms with Crippen LogP contribution in [0.4, 0.5) is 0 Å². The Morgan fingerprint density at radius 3 is 2.65 bits per heavy atom. The summed E-state index contributed by atoms with van der Waals surface area (Å²) in [5.74, 6) is 0.783. The molecule has 2 rings (SSSR count). The van der Waals surface area contributed by atoms with Crippen LogP contribution in [0.15, 0.2) is 30.6 Å². The third-order valence-electron chi connectivity index (χ3n) is 2.19. The smallest absolute Gasteiger partial charge is 0.147 e. The Kier molecular flexibility index (Phi) is 3.82. The van der Waals surface area contributed by atoms with E-state index < -0.39 is 0 Å². The molecule has 0 aliphatic rings. The molecule has 0 amide bonds. The second kappa shape index (κ2) is 5.34. The summed E-state index contributed by atoms with van der Waals surface area (Å²) in [6.45, 7) is 2.29. The summed E-state index contributed by atoms with van der Waals surface area (Å²) < 4.78 is 5.61. The van der Waals surface area contributed by atoms with E-state index in [1.54, 1.807) is 12.3 Å². The van der Waals surface area contributed by atoms with E-state index in [1.165, 1.54) is 6.20 Å². The SMILES string of the molecule is Cc1cc(Cl)ccc1OCc1cnc(Cl)cn1. The maximum absolute atomic E-state index is 5.86. The molecule has 0 aliphatic carbocycles. The molecule has 3 nitrogen and oxygen atoms in total. The van der Waals surface area contributed by atoms with Crippen molar-refractivity contribution >= 4 is 23.2 Å². The molecule has 0 radical (unpaired) electrons. The minimum absolute atomic E-state index is 0.354. The molecular formula is C12H10Cl2N2O. The Morgan fingerprint density at radius 1 is 1.18 bits per heavy atom. The number of aryl methyl sites for hydroxylation is 1. The van der Waals surface area contributed by atoms with Gasteiger partial charge in [-0.3, -0.25) is 4.98 Å². The Balaban J connectivity index is 2.04. The van der Waals surface area contributed by atoms with Crippen molar-refractivity contribution < 1.29 is 4.74 Å². The lowest BCUT2D eigenvalue weighted by Gasteiger charge is -2.08. The van der Waals surface area contributed by atoms with Gasteiger partial charge >= 0.3 is 0 Å². The molecule has 0 atom stereocenters. The fourth-order valence-corrected chi connectivity index (χ4v) is 1.66. The molecule has 0 saturated heterocycles. The maximum atomic E-state index is 5.86. The minimum Gasteiger partial charge on any atom is -0.487 e. The molecule has 0 fully saturated rings. The number of halogens is 2. The van der Waals surface area contributed by atoms with E-state index in [0.29, 0.717) is 16.8 Å². The average Bonchev–Trinajstić information content (AvgIpc) is 2.30. The predicted molar refractivity (Wildman–Crippen MR) is 67.6 cm³/mol. The van der Waals surface area contributed by atoms with Crippen LogP contribution < -0.4 is 4.74 Å². The van der Waals surface area contributed by atoms with Crippen molar-refractivity contribution in [3.8, 4) is 5.75 Å². The van der Waals surface area contributed by atoms with Gasteiger partial charge in [-0.25, -0.2) is 4.98 Å². The van der Waals surface area contributed by atoms with Crippen LogP contribution in [-0.4, -0.2) is 9.97 Å². The summed E-state index contributed by atoms with van der Waals surface area (Å²) >= 11 is 11.5. The van der Waals surface area contributed by atoms with E-state index in [4.69, 9.17) is 27.9 Å². The standard InChI is InChI=1S/C12H10Cl2N2O/c1-8-4-9(13)2-3-11(8)17-7-10-5-16-12(14)6-15-10/h2-6H,7H2,1H3. The lowest BCUT2D eigenvalue weighted by molar-refractivity contribution is 0.298. The van der Waals surface area contributed by atoms with E-state index in [0.717, 1.165) is 17.0 Å². The fourth-order valence-electron chi connectivity index (χ4n) is 1.34. The molecule has 0 bridgehead atoms. The zero-order valence-corrected chi connectivity index (χ0v) is 10.7. The van der Waals surface area contributed by atoms with E-state index in [2.05, 4.69) is 9.97 Å². The van der Waals surface area contributed by atoms with Crippen molar-refractivity contribution in [2.24, 2.45) is 0 Å². The van der Waals surface area contributed by atoms with Crippen molar-refractivity contribution in [3.05, 3.63) is 52.0 Å².